The van der Waals surface area contributed by atoms with E-state index in [-0.39, 0.29) is 38.0 Å². The van der Waals surface area contributed by atoms with Gasteiger partial charge in [0.15, 0.2) is 0 Å². The van der Waals surface area contributed by atoms with Gasteiger partial charge in [-0.25, -0.2) is 0 Å². The number of allylic oxidation sites excluding steroid dienone is 1. The number of aliphatic hydroxyl groups is 1. The number of likely N-dealkylation sites (tertiary alicyclic amines) is 1. The molecule has 0 aliphatic carbocycles. The van der Waals surface area contributed by atoms with Gasteiger partial charge in [-0.1, -0.05) is 54.6 Å². The minimum atomic E-state index is -1.45. The van der Waals surface area contributed by atoms with Crippen molar-refractivity contribution >= 4 is 23.7 Å². The summed E-state index contributed by atoms with van der Waals surface area (Å²) in [7, 11) is 1.50. The second-order valence-electron chi connectivity index (χ2n) is 12.5. The highest BCUT2D eigenvalue weighted by Crippen LogP contribution is 2.53. The highest BCUT2D eigenvalue weighted by atomic mass is 16.6. The van der Waals surface area contributed by atoms with Crippen LogP contribution in [-0.2, 0) is 33.4 Å². The fourth-order valence-electron chi connectivity index (χ4n) is 6.84. The van der Waals surface area contributed by atoms with E-state index in [1.54, 1.807) is 35.3 Å². The third-order valence-electron chi connectivity index (χ3n) is 8.71. The molecule has 232 valence electrons. The number of β-amino-alcohol motifs (C(OH)–C–C–N with tert-alkyl or cyclic N) is 1. The molecule has 0 unspecified atom stereocenters. The first kappa shape index (κ1) is 30.9. The van der Waals surface area contributed by atoms with Crippen LogP contribution < -0.4 is 5.32 Å². The molecule has 5 rings (SSSR count). The molecular formula is C32H41N3O8. The molecule has 1 spiro atoms. The molecule has 1 aromatic rings. The summed E-state index contributed by atoms with van der Waals surface area (Å²) in [5.41, 5.74) is -1.35. The lowest BCUT2D eigenvalue weighted by atomic mass is 9.77. The molecule has 0 aromatic heterocycles. The largest absolute Gasteiger partial charge is 0.455 e. The van der Waals surface area contributed by atoms with Gasteiger partial charge < -0.3 is 34.4 Å². The lowest BCUT2D eigenvalue weighted by Gasteiger charge is -2.40. The number of rotatable bonds is 5. The predicted molar refractivity (Wildman–Crippen MR) is 155 cm³/mol. The summed E-state index contributed by atoms with van der Waals surface area (Å²) in [5.74, 6) is -3.82. The van der Waals surface area contributed by atoms with Crippen LogP contribution in [0.4, 0.5) is 0 Å². The van der Waals surface area contributed by atoms with Crippen LogP contribution in [-0.4, -0.2) is 101 Å². The zero-order valence-corrected chi connectivity index (χ0v) is 25.1. The van der Waals surface area contributed by atoms with Crippen molar-refractivity contribution in [3.05, 3.63) is 60.2 Å². The van der Waals surface area contributed by atoms with E-state index in [1.807, 2.05) is 45.0 Å². The first-order valence-corrected chi connectivity index (χ1v) is 14.8. The normalized spacial score (nSPS) is 33.9. The molecule has 3 amide bonds. The van der Waals surface area contributed by atoms with E-state index in [4.69, 9.17) is 14.2 Å². The Morgan fingerprint density at radius 2 is 1.84 bits per heavy atom. The maximum absolute atomic E-state index is 14.3. The summed E-state index contributed by atoms with van der Waals surface area (Å²) in [6.07, 6.45) is 5.78. The molecule has 4 heterocycles. The van der Waals surface area contributed by atoms with E-state index in [1.165, 1.54) is 12.0 Å². The number of nitrogens with one attached hydrogen (secondary N) is 1. The predicted octanol–water partition coefficient (Wildman–Crippen LogP) is 1.52. The van der Waals surface area contributed by atoms with Crippen molar-refractivity contribution < 1.29 is 38.5 Å². The first-order chi connectivity index (χ1) is 20.5. The van der Waals surface area contributed by atoms with Crippen molar-refractivity contribution in [2.45, 2.75) is 69.0 Å². The highest BCUT2D eigenvalue weighted by molar-refractivity contribution is 5.99. The Hall–Kier alpha value is -3.54. The molecule has 2 saturated heterocycles. The van der Waals surface area contributed by atoms with E-state index in [9.17, 15) is 24.3 Å². The molecule has 4 aliphatic heterocycles. The topological polar surface area (TPSA) is 135 Å². The number of hydrogen-bond acceptors (Lipinski definition) is 8. The van der Waals surface area contributed by atoms with Crippen molar-refractivity contribution in [1.82, 2.24) is 15.1 Å². The molecule has 1 aromatic carbocycles. The molecule has 0 bridgehead atoms. The molecule has 11 nitrogen and oxygen atoms in total. The summed E-state index contributed by atoms with van der Waals surface area (Å²) < 4.78 is 18.3. The minimum Gasteiger partial charge on any atom is -0.455 e. The Morgan fingerprint density at radius 3 is 2.51 bits per heavy atom. The number of carbonyl (C=O) groups excluding carboxylic acids is 4. The van der Waals surface area contributed by atoms with Crippen LogP contribution in [0.5, 0.6) is 0 Å². The summed E-state index contributed by atoms with van der Waals surface area (Å²) in [6, 6.07) is 7.29. The van der Waals surface area contributed by atoms with E-state index in [0.29, 0.717) is 18.5 Å². The zero-order chi connectivity index (χ0) is 30.9. The van der Waals surface area contributed by atoms with Gasteiger partial charge in [-0.15, -0.1) is 0 Å². The monoisotopic (exact) mass is 595 g/mol. The van der Waals surface area contributed by atoms with Crippen molar-refractivity contribution in [3.63, 3.8) is 0 Å². The van der Waals surface area contributed by atoms with Gasteiger partial charge in [-0.05, 0) is 32.8 Å². The van der Waals surface area contributed by atoms with Gasteiger partial charge >= 0.3 is 5.97 Å². The minimum absolute atomic E-state index is 0.0809. The molecule has 0 saturated carbocycles. The van der Waals surface area contributed by atoms with Gasteiger partial charge in [0, 0.05) is 32.2 Å². The average molecular weight is 596 g/mol. The van der Waals surface area contributed by atoms with E-state index in [0.717, 1.165) is 0 Å². The fraction of sp³-hybridized carbons (Fsp3) is 0.562. The number of fused-ring (bicyclic) bond motifs is 2. The maximum Gasteiger partial charge on any atom is 0.313 e. The SMILES string of the molecule is COC[C@@H]1NC(=O)CC/C=C\[C@@H]2O[C@@]34C=CCN(C(C)(C)C)C(=O)[C@@H]3N(CCO)C(=O)[C@H]4[C@@H]2C(=O)O[C@H]1c1ccccc1. The molecule has 0 radical (unpaired) electrons. The molecule has 43 heavy (non-hydrogen) atoms. The number of hydrogen-bond donors (Lipinski definition) is 2. The van der Waals surface area contributed by atoms with Gasteiger partial charge in [0.05, 0.1) is 31.3 Å². The molecule has 7 atom stereocenters. The quantitative estimate of drug-likeness (QED) is 0.387. The fourth-order valence-corrected chi connectivity index (χ4v) is 6.84. The van der Waals surface area contributed by atoms with Crippen LogP contribution in [0.25, 0.3) is 0 Å². The van der Waals surface area contributed by atoms with Crippen molar-refractivity contribution in [2.24, 2.45) is 11.8 Å². The van der Waals surface area contributed by atoms with Crippen molar-refractivity contribution in [3.8, 4) is 0 Å². The number of esters is 1. The summed E-state index contributed by atoms with van der Waals surface area (Å²) in [6.45, 7) is 5.69. The Morgan fingerprint density at radius 1 is 1.09 bits per heavy atom. The van der Waals surface area contributed by atoms with Gasteiger partial charge in [0.2, 0.25) is 17.7 Å². The number of nitrogens with zero attached hydrogens (tertiary/aromatic N) is 2. The van der Waals surface area contributed by atoms with Crippen LogP contribution in [0.3, 0.4) is 0 Å². The standard InChI is InChI=1S/C32H41N3O8/c1-31(2,3)35-16-10-15-32-25(28(38)34(17-18-36)27(32)29(35)39)24-22(43-32)13-8-9-14-23(37)33-21(19-41-4)26(42-30(24)40)20-11-6-5-7-12-20/h5-8,10-13,15,21-22,24-27,36H,9,14,16-19H2,1-4H3,(H,33,37)/b13-8-/t21-,22-,24+,25+,26-,27-,32+/m0/s1. The number of cyclic esters (lactones) is 1. The lowest BCUT2D eigenvalue weighted by molar-refractivity contribution is -0.162. The third-order valence-corrected chi connectivity index (χ3v) is 8.71. The summed E-state index contributed by atoms with van der Waals surface area (Å²) >= 11 is 0. The zero-order valence-electron chi connectivity index (χ0n) is 25.1. The number of benzene rings is 1. The van der Waals surface area contributed by atoms with E-state index in [2.05, 4.69) is 5.32 Å². The molecule has 11 heteroatoms. The van der Waals surface area contributed by atoms with Crippen LogP contribution in [0.2, 0.25) is 0 Å². The van der Waals surface area contributed by atoms with Gasteiger partial charge in [0.25, 0.3) is 0 Å². The highest BCUT2D eigenvalue weighted by Gasteiger charge is 2.72. The van der Waals surface area contributed by atoms with Gasteiger partial charge in [-0.2, -0.15) is 0 Å². The Labute approximate surface area is 251 Å². The Bertz CT molecular complexity index is 1290. The van der Waals surface area contributed by atoms with Crippen LogP contribution in [0.1, 0.15) is 45.3 Å². The molecule has 2 N–H and O–H groups in total. The number of aliphatic hydroxyl groups excluding tert-OH is 1. The maximum atomic E-state index is 14.3. The summed E-state index contributed by atoms with van der Waals surface area (Å²) in [5, 5.41) is 12.9. The average Bonchev–Trinajstić information content (AvgIpc) is 3.33. The number of amides is 3. The first-order valence-electron chi connectivity index (χ1n) is 14.8. The van der Waals surface area contributed by atoms with Crippen LogP contribution in [0.15, 0.2) is 54.6 Å². The molecular weight excluding hydrogens is 554 g/mol. The second-order valence-corrected chi connectivity index (χ2v) is 12.5. The van der Waals surface area contributed by atoms with Crippen molar-refractivity contribution in [2.75, 3.05) is 33.4 Å². The number of ether oxygens (including phenoxy) is 3. The van der Waals surface area contributed by atoms with Gasteiger partial charge in [0.1, 0.15) is 23.7 Å². The molecule has 2 fully saturated rings. The van der Waals surface area contributed by atoms with Crippen molar-refractivity contribution in [1.29, 1.82) is 0 Å². The van der Waals surface area contributed by atoms with Gasteiger partial charge in [-0.3, -0.25) is 19.2 Å². The number of methoxy groups -OCH3 is 1. The van der Waals surface area contributed by atoms with Crippen LogP contribution >= 0.6 is 0 Å². The third kappa shape index (κ3) is 5.61. The lowest BCUT2D eigenvalue weighted by Crippen LogP contribution is -2.58. The van der Waals surface area contributed by atoms with E-state index < -0.39 is 59.1 Å². The Balaban J connectivity index is 1.61. The summed E-state index contributed by atoms with van der Waals surface area (Å²) in [4.78, 5) is 58.6. The second kappa shape index (κ2) is 12.2. The number of carbonyl (C=O) groups is 4. The van der Waals surface area contributed by atoms with E-state index >= 15 is 0 Å². The Kier molecular flexibility index (Phi) is 8.78. The van der Waals surface area contributed by atoms with Crippen LogP contribution in [0, 0.1) is 11.8 Å². The smallest absolute Gasteiger partial charge is 0.313 e. The molecule has 4 aliphatic rings.